The Hall–Kier alpha value is 0.495. The Labute approximate surface area is 102 Å². The summed E-state index contributed by atoms with van der Waals surface area (Å²) in [4.78, 5) is 16.7. The zero-order valence-corrected chi connectivity index (χ0v) is 9.06. The topological polar surface area (TPSA) is 66.8 Å². The molecule has 1 aromatic carbocycles. The van der Waals surface area contributed by atoms with E-state index in [-0.39, 0.29) is 45.7 Å². The van der Waals surface area contributed by atoms with Gasteiger partial charge in [-0.3, -0.25) is 9.79 Å². The van der Waals surface area contributed by atoms with Crippen molar-refractivity contribution in [1.82, 2.24) is 0 Å². The van der Waals surface area contributed by atoms with Crippen molar-refractivity contribution >= 4 is 7.82 Å². The van der Waals surface area contributed by atoms with Crippen LogP contribution in [0.5, 0.6) is 5.75 Å². The van der Waals surface area contributed by atoms with Crippen LogP contribution in [0.25, 0.3) is 0 Å². The number of hydrogen-bond donors (Lipinski definition) is 2. The van der Waals surface area contributed by atoms with Crippen LogP contribution < -0.4 is 4.52 Å². The van der Waals surface area contributed by atoms with Crippen LogP contribution in [0.3, 0.4) is 0 Å². The van der Waals surface area contributed by atoms with Crippen LogP contribution in [-0.2, 0) is 4.57 Å². The molecule has 4 nitrogen and oxygen atoms in total. The predicted molar refractivity (Wildman–Crippen MR) is 39.1 cm³/mol. The first-order valence-corrected chi connectivity index (χ1v) is 4.41. The molecule has 6 heteroatoms. The van der Waals surface area contributed by atoms with Crippen LogP contribution >= 0.6 is 7.82 Å². The number of phosphoric acid groups is 1. The Bertz CT molecular complexity index is 270. The molecule has 12 heavy (non-hydrogen) atoms. The van der Waals surface area contributed by atoms with Gasteiger partial charge in [0.05, 0.1) is 0 Å². The Morgan fingerprint density at radius 3 is 2.08 bits per heavy atom. The average molecular weight is 331 g/mol. The largest absolute Gasteiger partial charge is 0.524 e. The number of phosphoric ester groups is 1. The zero-order chi connectivity index (χ0) is 8.32. The van der Waals surface area contributed by atoms with Gasteiger partial charge in [0.15, 0.2) is 0 Å². The van der Waals surface area contributed by atoms with E-state index in [0.717, 1.165) is 0 Å². The van der Waals surface area contributed by atoms with Crippen molar-refractivity contribution in [2.45, 2.75) is 0 Å². The average Bonchev–Trinajstić information content (AvgIpc) is 1.85. The van der Waals surface area contributed by atoms with Crippen molar-refractivity contribution in [2.75, 3.05) is 0 Å². The van der Waals surface area contributed by atoms with E-state index in [0.29, 0.717) is 0 Å². The van der Waals surface area contributed by atoms with E-state index < -0.39 is 7.82 Å². The Morgan fingerprint density at radius 1 is 1.17 bits per heavy atom. The second kappa shape index (κ2) is 5.27. The molecule has 0 unspecified atom stereocenters. The summed E-state index contributed by atoms with van der Waals surface area (Å²) in [6, 6.07) is 7.93. The number of para-hydroxylation sites is 1. The van der Waals surface area contributed by atoms with E-state index in [1.54, 1.807) is 18.2 Å². The van der Waals surface area contributed by atoms with Crippen LogP contribution in [0.4, 0.5) is 0 Å². The summed E-state index contributed by atoms with van der Waals surface area (Å²) >= 11 is 0. The normalized spacial score (nSPS) is 10.2. The fourth-order valence-corrected chi connectivity index (χ4v) is 1.02. The number of benzene rings is 1. The number of hydrogen-bond acceptors (Lipinski definition) is 2. The van der Waals surface area contributed by atoms with Crippen LogP contribution in [0, 0.1) is 39.9 Å². The van der Waals surface area contributed by atoms with Gasteiger partial charge in [-0.2, -0.15) is 0 Å². The van der Waals surface area contributed by atoms with Crippen LogP contribution in [0.1, 0.15) is 0 Å². The SMILES string of the molecule is O=P(O)(O)Oc1ccccc1.[Gd]. The third-order valence-electron chi connectivity index (χ3n) is 0.968. The minimum Gasteiger partial charge on any atom is -0.404 e. The molecular formula is C6H7GdO4P. The van der Waals surface area contributed by atoms with Gasteiger partial charge in [0.1, 0.15) is 5.75 Å². The van der Waals surface area contributed by atoms with Crippen LogP contribution in [0.15, 0.2) is 30.3 Å². The van der Waals surface area contributed by atoms with E-state index in [4.69, 9.17) is 9.79 Å². The van der Waals surface area contributed by atoms with E-state index in [1.165, 1.54) is 12.1 Å². The molecule has 0 radical (unpaired) electrons. The molecule has 2 N–H and O–H groups in total. The Balaban J connectivity index is 0.00000121. The van der Waals surface area contributed by atoms with E-state index in [2.05, 4.69) is 4.52 Å². The molecule has 0 saturated carbocycles. The molecule has 0 aliphatic carbocycles. The maximum absolute atomic E-state index is 10.3. The standard InChI is InChI=1S/C6H7O4P.Gd/c7-11(8,9)10-6-4-2-1-3-5-6;/h1-5H,(H2,7,8,9);. The van der Waals surface area contributed by atoms with Crippen LogP contribution in [-0.4, -0.2) is 9.79 Å². The van der Waals surface area contributed by atoms with E-state index in [9.17, 15) is 4.57 Å². The minimum absolute atomic E-state index is 0. The third kappa shape index (κ3) is 5.20. The van der Waals surface area contributed by atoms with Gasteiger partial charge in [0, 0.05) is 39.9 Å². The van der Waals surface area contributed by atoms with Gasteiger partial charge in [-0.05, 0) is 12.1 Å². The first kappa shape index (κ1) is 12.5. The van der Waals surface area contributed by atoms with Crippen molar-refractivity contribution < 1.29 is 58.8 Å². The summed E-state index contributed by atoms with van der Waals surface area (Å²) in [5.74, 6) is 0.167. The predicted octanol–water partition coefficient (Wildman–Crippen LogP) is 1.16. The van der Waals surface area contributed by atoms with Gasteiger partial charge >= 0.3 is 7.82 Å². The molecular weight excluding hydrogens is 324 g/mol. The zero-order valence-electron chi connectivity index (χ0n) is 5.90. The molecule has 0 aliphatic heterocycles. The second-order valence-corrected chi connectivity index (χ2v) is 3.06. The van der Waals surface area contributed by atoms with Crippen LogP contribution in [0.2, 0.25) is 0 Å². The monoisotopic (exact) mass is 332 g/mol. The minimum atomic E-state index is -4.39. The molecule has 0 amide bonds. The molecule has 0 aromatic heterocycles. The molecule has 0 bridgehead atoms. The summed E-state index contributed by atoms with van der Waals surface area (Å²) in [5.41, 5.74) is 0. The third-order valence-corrected chi connectivity index (χ3v) is 1.42. The summed E-state index contributed by atoms with van der Waals surface area (Å²) < 4.78 is 14.5. The van der Waals surface area contributed by atoms with Crippen molar-refractivity contribution in [3.05, 3.63) is 30.3 Å². The smallest absolute Gasteiger partial charge is 0.404 e. The van der Waals surface area contributed by atoms with Gasteiger partial charge in [0.2, 0.25) is 0 Å². The molecule has 68 valence electrons. The molecule has 1 rings (SSSR count). The van der Waals surface area contributed by atoms with Crippen molar-refractivity contribution in [2.24, 2.45) is 0 Å². The Kier molecular flexibility index (Phi) is 5.49. The summed E-state index contributed by atoms with van der Waals surface area (Å²) in [6.45, 7) is 0. The first-order valence-electron chi connectivity index (χ1n) is 2.88. The van der Waals surface area contributed by atoms with Gasteiger partial charge in [-0.1, -0.05) is 18.2 Å². The van der Waals surface area contributed by atoms with Crippen molar-refractivity contribution in [3.63, 3.8) is 0 Å². The second-order valence-electron chi connectivity index (χ2n) is 1.89. The molecule has 0 spiro atoms. The van der Waals surface area contributed by atoms with E-state index >= 15 is 0 Å². The molecule has 0 aliphatic rings. The Morgan fingerprint density at radius 2 is 1.67 bits per heavy atom. The number of rotatable bonds is 2. The van der Waals surface area contributed by atoms with E-state index in [1.807, 2.05) is 0 Å². The first-order chi connectivity index (χ1) is 5.08. The molecule has 1 aromatic rings. The van der Waals surface area contributed by atoms with Gasteiger partial charge in [-0.15, -0.1) is 0 Å². The summed E-state index contributed by atoms with van der Waals surface area (Å²) in [6.07, 6.45) is 0. The fraction of sp³-hybridized carbons (Fsp3) is 0. The van der Waals surface area contributed by atoms with Crippen molar-refractivity contribution in [1.29, 1.82) is 0 Å². The molecule has 0 heterocycles. The maximum atomic E-state index is 10.3. The van der Waals surface area contributed by atoms with Crippen molar-refractivity contribution in [3.8, 4) is 5.75 Å². The fourth-order valence-electron chi connectivity index (χ4n) is 0.619. The quantitative estimate of drug-likeness (QED) is 0.798. The van der Waals surface area contributed by atoms with Gasteiger partial charge in [-0.25, -0.2) is 4.57 Å². The van der Waals surface area contributed by atoms with Gasteiger partial charge < -0.3 is 4.52 Å². The molecule has 0 fully saturated rings. The molecule has 0 atom stereocenters. The van der Waals surface area contributed by atoms with Gasteiger partial charge in [0.25, 0.3) is 0 Å². The summed E-state index contributed by atoms with van der Waals surface area (Å²) in [7, 11) is -4.39. The summed E-state index contributed by atoms with van der Waals surface area (Å²) in [5, 5.41) is 0. The maximum Gasteiger partial charge on any atom is 0.524 e. The molecule has 0 saturated heterocycles.